The Labute approximate surface area is 77.3 Å². The molecule has 0 radical (unpaired) electrons. The lowest BCUT2D eigenvalue weighted by Gasteiger charge is -2.10. The zero-order valence-corrected chi connectivity index (χ0v) is 7.51. The van der Waals surface area contributed by atoms with Gasteiger partial charge in [-0.3, -0.25) is 0 Å². The first-order valence-corrected chi connectivity index (χ1v) is 4.36. The summed E-state index contributed by atoms with van der Waals surface area (Å²) in [4.78, 5) is 1.96. The lowest BCUT2D eigenvalue weighted by atomic mass is 10.0. The summed E-state index contributed by atoms with van der Waals surface area (Å²) < 4.78 is 0. The molecule has 0 aliphatic carbocycles. The second-order valence-corrected chi connectivity index (χ2v) is 3.34. The average Bonchev–Trinajstić information content (AvgIpc) is 2.46. The molecule has 13 heavy (non-hydrogen) atoms. The quantitative estimate of drug-likeness (QED) is 0.307. The smallest absolute Gasteiger partial charge is 0.135 e. The van der Waals surface area contributed by atoms with Crippen LogP contribution in [0.1, 0.15) is 18.4 Å². The van der Waals surface area contributed by atoms with Gasteiger partial charge in [0.15, 0.2) is 0 Å². The van der Waals surface area contributed by atoms with Crippen LogP contribution in [0.2, 0.25) is 0 Å². The van der Waals surface area contributed by atoms with Gasteiger partial charge < -0.3 is 10.1 Å². The van der Waals surface area contributed by atoms with Crippen molar-refractivity contribution in [2.75, 3.05) is 11.4 Å². The van der Waals surface area contributed by atoms with Crippen molar-refractivity contribution in [3.8, 4) is 0 Å². The van der Waals surface area contributed by atoms with Crippen molar-refractivity contribution in [3.05, 3.63) is 29.8 Å². The minimum Gasteiger partial charge on any atom is -0.410 e. The molecule has 0 bridgehead atoms. The van der Waals surface area contributed by atoms with E-state index in [0.29, 0.717) is 5.92 Å². The first kappa shape index (κ1) is 8.10. The SMILES string of the molecule is CC1CN(/C=N/O)c2ccccc21. The van der Waals surface area contributed by atoms with Gasteiger partial charge in [0.2, 0.25) is 0 Å². The highest BCUT2D eigenvalue weighted by Crippen LogP contribution is 2.34. The molecule has 0 saturated heterocycles. The largest absolute Gasteiger partial charge is 0.410 e. The number of fused-ring (bicyclic) bond motifs is 1. The van der Waals surface area contributed by atoms with Gasteiger partial charge in [-0.2, -0.15) is 0 Å². The molecule has 0 fully saturated rings. The Morgan fingerprint density at radius 1 is 1.54 bits per heavy atom. The van der Waals surface area contributed by atoms with Crippen molar-refractivity contribution in [1.29, 1.82) is 0 Å². The van der Waals surface area contributed by atoms with Crippen molar-refractivity contribution in [1.82, 2.24) is 0 Å². The van der Waals surface area contributed by atoms with Gasteiger partial charge >= 0.3 is 0 Å². The van der Waals surface area contributed by atoms with Gasteiger partial charge in [0, 0.05) is 18.2 Å². The van der Waals surface area contributed by atoms with Crippen LogP contribution in [-0.4, -0.2) is 18.1 Å². The number of hydrogen-bond donors (Lipinski definition) is 1. The van der Waals surface area contributed by atoms with E-state index in [2.05, 4.69) is 18.1 Å². The van der Waals surface area contributed by atoms with Gasteiger partial charge in [0.05, 0.1) is 0 Å². The van der Waals surface area contributed by atoms with E-state index in [1.165, 1.54) is 11.9 Å². The molecule has 1 unspecified atom stereocenters. The molecular weight excluding hydrogens is 164 g/mol. The zero-order chi connectivity index (χ0) is 9.26. The van der Waals surface area contributed by atoms with Crippen molar-refractivity contribution < 1.29 is 5.21 Å². The van der Waals surface area contributed by atoms with Crippen molar-refractivity contribution >= 4 is 12.0 Å². The number of rotatable bonds is 1. The van der Waals surface area contributed by atoms with Gasteiger partial charge in [-0.15, -0.1) is 0 Å². The van der Waals surface area contributed by atoms with Crippen LogP contribution in [0.3, 0.4) is 0 Å². The number of para-hydroxylation sites is 1. The van der Waals surface area contributed by atoms with Crippen LogP contribution < -0.4 is 4.90 Å². The number of hydrogen-bond acceptors (Lipinski definition) is 2. The summed E-state index contributed by atoms with van der Waals surface area (Å²) in [5.41, 5.74) is 2.47. The number of oxime groups is 1. The van der Waals surface area contributed by atoms with Crippen LogP contribution in [0.4, 0.5) is 5.69 Å². The number of benzene rings is 1. The van der Waals surface area contributed by atoms with E-state index in [4.69, 9.17) is 5.21 Å². The van der Waals surface area contributed by atoms with Crippen molar-refractivity contribution in [2.45, 2.75) is 12.8 Å². The summed E-state index contributed by atoms with van der Waals surface area (Å²) in [7, 11) is 0. The molecule has 0 spiro atoms. The van der Waals surface area contributed by atoms with Crippen molar-refractivity contribution in [2.24, 2.45) is 5.16 Å². The van der Waals surface area contributed by atoms with Crippen LogP contribution in [0.15, 0.2) is 29.4 Å². The highest BCUT2D eigenvalue weighted by atomic mass is 16.4. The fourth-order valence-electron chi connectivity index (χ4n) is 1.83. The third-order valence-electron chi connectivity index (χ3n) is 2.44. The fraction of sp³-hybridized carbons (Fsp3) is 0.300. The molecule has 0 saturated carbocycles. The predicted octanol–water partition coefficient (Wildman–Crippen LogP) is 2.03. The minimum absolute atomic E-state index is 0.509. The summed E-state index contributed by atoms with van der Waals surface area (Å²) in [5.74, 6) is 0.509. The third kappa shape index (κ3) is 1.26. The monoisotopic (exact) mass is 176 g/mol. The van der Waals surface area contributed by atoms with Crippen molar-refractivity contribution in [3.63, 3.8) is 0 Å². The Balaban J connectivity index is 2.41. The third-order valence-corrected chi connectivity index (χ3v) is 2.44. The zero-order valence-electron chi connectivity index (χ0n) is 7.51. The van der Waals surface area contributed by atoms with Gasteiger partial charge in [-0.1, -0.05) is 30.3 Å². The van der Waals surface area contributed by atoms with Crippen LogP contribution >= 0.6 is 0 Å². The summed E-state index contributed by atoms with van der Waals surface area (Å²) in [6.45, 7) is 3.06. The number of anilines is 1. The molecule has 1 N–H and O–H groups in total. The van der Waals surface area contributed by atoms with Crippen LogP contribution in [0.25, 0.3) is 0 Å². The van der Waals surface area contributed by atoms with Gasteiger partial charge in [0.1, 0.15) is 6.34 Å². The standard InChI is InChI=1S/C10H12N2O/c1-8-6-12(7-11-13)10-5-3-2-4-9(8)10/h2-5,7-8,13H,6H2,1H3/b11-7+. The molecule has 3 nitrogen and oxygen atoms in total. The van der Waals surface area contributed by atoms with E-state index in [9.17, 15) is 0 Å². The molecule has 1 heterocycles. The minimum atomic E-state index is 0.509. The fourth-order valence-corrected chi connectivity index (χ4v) is 1.83. The Kier molecular flexibility index (Phi) is 1.93. The lowest BCUT2D eigenvalue weighted by Crippen LogP contribution is -2.18. The molecule has 0 amide bonds. The lowest BCUT2D eigenvalue weighted by molar-refractivity contribution is 0.320. The molecule has 3 heteroatoms. The maximum Gasteiger partial charge on any atom is 0.135 e. The molecular formula is C10H12N2O. The Hall–Kier alpha value is -1.51. The average molecular weight is 176 g/mol. The van der Waals surface area contributed by atoms with E-state index in [0.717, 1.165) is 12.2 Å². The first-order valence-electron chi connectivity index (χ1n) is 4.36. The molecule has 1 aromatic rings. The van der Waals surface area contributed by atoms with E-state index >= 15 is 0 Å². The Morgan fingerprint density at radius 3 is 3.08 bits per heavy atom. The molecule has 1 aliphatic heterocycles. The highest BCUT2D eigenvalue weighted by Gasteiger charge is 2.23. The second kappa shape index (κ2) is 3.09. The number of nitrogens with zero attached hydrogens (tertiary/aromatic N) is 2. The topological polar surface area (TPSA) is 35.8 Å². The molecule has 1 aromatic carbocycles. The maximum atomic E-state index is 8.47. The summed E-state index contributed by atoms with van der Waals surface area (Å²) in [6.07, 6.45) is 1.46. The van der Waals surface area contributed by atoms with Gasteiger partial charge in [-0.25, -0.2) is 0 Å². The van der Waals surface area contributed by atoms with Crippen LogP contribution in [-0.2, 0) is 0 Å². The van der Waals surface area contributed by atoms with Crippen LogP contribution in [0, 0.1) is 0 Å². The Morgan fingerprint density at radius 2 is 2.31 bits per heavy atom. The van der Waals surface area contributed by atoms with Gasteiger partial charge in [0.25, 0.3) is 0 Å². The summed E-state index contributed by atoms with van der Waals surface area (Å²) in [5, 5.41) is 11.5. The van der Waals surface area contributed by atoms with Crippen LogP contribution in [0.5, 0.6) is 0 Å². The second-order valence-electron chi connectivity index (χ2n) is 3.34. The molecule has 1 atom stereocenters. The van der Waals surface area contributed by atoms with Gasteiger partial charge in [-0.05, 0) is 11.6 Å². The summed E-state index contributed by atoms with van der Waals surface area (Å²) in [6, 6.07) is 8.19. The maximum absolute atomic E-state index is 8.47. The highest BCUT2D eigenvalue weighted by molar-refractivity contribution is 5.83. The summed E-state index contributed by atoms with van der Waals surface area (Å²) >= 11 is 0. The van der Waals surface area contributed by atoms with E-state index < -0.39 is 0 Å². The van der Waals surface area contributed by atoms with E-state index in [1.54, 1.807) is 0 Å². The normalized spacial score (nSPS) is 21.0. The predicted molar refractivity (Wildman–Crippen MR) is 52.5 cm³/mol. The first-order chi connectivity index (χ1) is 6.33. The molecule has 0 aromatic heterocycles. The Bertz CT molecular complexity index is 335. The van der Waals surface area contributed by atoms with E-state index in [-0.39, 0.29) is 0 Å². The van der Waals surface area contributed by atoms with E-state index in [1.807, 2.05) is 23.1 Å². The molecule has 1 aliphatic rings. The molecule has 68 valence electrons. The molecule has 2 rings (SSSR count).